The number of nitrogens with zero attached hydrogens (tertiary/aromatic N) is 3. The smallest absolute Gasteiger partial charge is 0.251 e. The van der Waals surface area contributed by atoms with Crippen molar-refractivity contribution in [1.29, 1.82) is 0 Å². The van der Waals surface area contributed by atoms with E-state index in [2.05, 4.69) is 22.4 Å². The highest BCUT2D eigenvalue weighted by molar-refractivity contribution is 7.98. The number of hydrogen-bond acceptors (Lipinski definition) is 4. The van der Waals surface area contributed by atoms with Crippen LogP contribution in [0, 0.1) is 5.82 Å². The summed E-state index contributed by atoms with van der Waals surface area (Å²) in [5.74, 6) is 0.604. The van der Waals surface area contributed by atoms with Crippen LogP contribution in [0.3, 0.4) is 0 Å². The minimum Gasteiger partial charge on any atom is -0.345 e. The number of halogens is 3. The van der Waals surface area contributed by atoms with Gasteiger partial charge in [-0.2, -0.15) is 0 Å². The van der Waals surface area contributed by atoms with Crippen LogP contribution in [0.25, 0.3) is 5.69 Å². The average Bonchev–Trinajstić information content (AvgIpc) is 3.32. The second kappa shape index (κ2) is 13.8. The van der Waals surface area contributed by atoms with E-state index in [1.165, 1.54) is 48.7 Å². The van der Waals surface area contributed by atoms with Crippen LogP contribution in [-0.2, 0) is 18.7 Å². The van der Waals surface area contributed by atoms with Crippen molar-refractivity contribution in [2.75, 3.05) is 0 Å². The van der Waals surface area contributed by atoms with Gasteiger partial charge in [-0.1, -0.05) is 85.4 Å². The molecule has 1 amide bonds. The van der Waals surface area contributed by atoms with Crippen LogP contribution in [0.2, 0.25) is 10.0 Å². The lowest BCUT2D eigenvalue weighted by atomic mass is 10.0. The van der Waals surface area contributed by atoms with Gasteiger partial charge in [0.15, 0.2) is 11.0 Å². The second-order valence-electron chi connectivity index (χ2n) is 8.94. The Balaban J connectivity index is 1.48. The van der Waals surface area contributed by atoms with Gasteiger partial charge in [-0.05, 0) is 66.4 Å². The third kappa shape index (κ3) is 7.59. The van der Waals surface area contributed by atoms with Gasteiger partial charge in [-0.25, -0.2) is 4.39 Å². The van der Waals surface area contributed by atoms with Crippen molar-refractivity contribution in [2.45, 2.75) is 56.5 Å². The van der Waals surface area contributed by atoms with Gasteiger partial charge < -0.3 is 5.32 Å². The normalized spacial score (nSPS) is 11.1. The maximum Gasteiger partial charge on any atom is 0.251 e. The van der Waals surface area contributed by atoms with Gasteiger partial charge >= 0.3 is 0 Å². The lowest BCUT2D eigenvalue weighted by Crippen LogP contribution is -2.24. The summed E-state index contributed by atoms with van der Waals surface area (Å²) in [4.78, 5) is 12.9. The van der Waals surface area contributed by atoms with Crippen molar-refractivity contribution in [3.63, 3.8) is 0 Å². The first kappa shape index (κ1) is 28.1. The Hall–Kier alpha value is -2.87. The van der Waals surface area contributed by atoms with Crippen molar-refractivity contribution in [1.82, 2.24) is 20.1 Å². The number of unbranched alkanes of at least 4 members (excludes halogenated alkanes) is 3. The lowest BCUT2D eigenvalue weighted by molar-refractivity contribution is 0.0949. The molecule has 0 saturated carbocycles. The molecule has 0 spiro atoms. The highest BCUT2D eigenvalue weighted by atomic mass is 35.5. The molecular weight excluding hydrogens is 542 g/mol. The van der Waals surface area contributed by atoms with Crippen LogP contribution in [-0.4, -0.2) is 20.7 Å². The van der Waals surface area contributed by atoms with E-state index in [1.807, 2.05) is 28.8 Å². The Morgan fingerprint density at radius 1 is 0.947 bits per heavy atom. The van der Waals surface area contributed by atoms with Crippen LogP contribution in [0.5, 0.6) is 0 Å². The molecule has 1 N–H and O–H groups in total. The molecule has 0 aliphatic rings. The summed E-state index contributed by atoms with van der Waals surface area (Å²) < 4.78 is 15.1. The molecule has 9 heteroatoms. The predicted octanol–water partition coefficient (Wildman–Crippen LogP) is 8.06. The molecule has 0 aliphatic heterocycles. The minimum atomic E-state index is -0.283. The molecule has 0 atom stereocenters. The molecule has 1 heterocycles. The van der Waals surface area contributed by atoms with Gasteiger partial charge in [-0.3, -0.25) is 9.36 Å². The van der Waals surface area contributed by atoms with E-state index in [0.29, 0.717) is 38.0 Å². The van der Waals surface area contributed by atoms with E-state index in [9.17, 15) is 9.18 Å². The highest BCUT2D eigenvalue weighted by Gasteiger charge is 2.18. The standard InChI is InChI=1S/C29H29Cl2FN4OS/c1-2-3-4-5-6-20-7-11-22(12-8-20)28(37)33-18-27-34-35-29(38-19-21-9-14-24(32)15-10-21)36(27)26-16-13-23(30)17-25(26)31/h7-17H,2-6,18-19H2,1H3,(H,33,37). The van der Waals surface area contributed by atoms with Crippen LogP contribution < -0.4 is 5.32 Å². The number of rotatable bonds is 12. The topological polar surface area (TPSA) is 59.8 Å². The van der Waals surface area contributed by atoms with Crippen LogP contribution in [0.4, 0.5) is 4.39 Å². The van der Waals surface area contributed by atoms with Gasteiger partial charge in [0.2, 0.25) is 0 Å². The van der Waals surface area contributed by atoms with E-state index in [0.717, 1.165) is 18.4 Å². The molecule has 0 saturated heterocycles. The summed E-state index contributed by atoms with van der Waals surface area (Å²) in [6.07, 6.45) is 5.86. The van der Waals surface area contributed by atoms with Gasteiger partial charge in [-0.15, -0.1) is 10.2 Å². The van der Waals surface area contributed by atoms with Crippen LogP contribution >= 0.6 is 35.0 Å². The SMILES string of the molecule is CCCCCCc1ccc(C(=O)NCc2nnc(SCc3ccc(F)cc3)n2-c2ccc(Cl)cc2Cl)cc1. The quantitative estimate of drug-likeness (QED) is 0.138. The van der Waals surface area contributed by atoms with Crippen molar-refractivity contribution >= 4 is 40.9 Å². The molecule has 4 aromatic rings. The van der Waals surface area contributed by atoms with Crippen LogP contribution in [0.15, 0.2) is 71.9 Å². The molecule has 1 aromatic heterocycles. The zero-order valence-corrected chi connectivity index (χ0v) is 23.4. The van der Waals surface area contributed by atoms with E-state index >= 15 is 0 Å². The number of aromatic nitrogens is 3. The van der Waals surface area contributed by atoms with Gasteiger partial charge in [0.1, 0.15) is 5.82 Å². The molecule has 0 aliphatic carbocycles. The Labute approximate surface area is 236 Å². The Morgan fingerprint density at radius 3 is 2.39 bits per heavy atom. The number of hydrogen-bond donors (Lipinski definition) is 1. The largest absolute Gasteiger partial charge is 0.345 e. The monoisotopic (exact) mass is 570 g/mol. The minimum absolute atomic E-state index is 0.153. The molecule has 0 unspecified atom stereocenters. The molecule has 5 nitrogen and oxygen atoms in total. The Bertz CT molecular complexity index is 1360. The molecule has 38 heavy (non-hydrogen) atoms. The number of thioether (sulfide) groups is 1. The fourth-order valence-corrected chi connectivity index (χ4v) is 5.39. The Morgan fingerprint density at radius 2 is 1.68 bits per heavy atom. The third-order valence-electron chi connectivity index (χ3n) is 6.07. The maximum absolute atomic E-state index is 13.3. The molecule has 3 aromatic carbocycles. The van der Waals surface area contributed by atoms with Crippen molar-refractivity contribution in [3.05, 3.63) is 105 Å². The summed E-state index contributed by atoms with van der Waals surface area (Å²) in [7, 11) is 0. The number of aryl methyl sites for hydroxylation is 1. The Kier molecular flexibility index (Phi) is 10.2. The van der Waals surface area contributed by atoms with Gasteiger partial charge in [0.25, 0.3) is 5.91 Å². The molecular formula is C29H29Cl2FN4OS. The third-order valence-corrected chi connectivity index (χ3v) is 7.61. The average molecular weight is 572 g/mol. The fraction of sp³-hybridized carbons (Fsp3) is 0.276. The van der Waals surface area contributed by atoms with Gasteiger partial charge in [0, 0.05) is 16.3 Å². The molecule has 0 bridgehead atoms. The number of carbonyl (C=O) groups is 1. The van der Waals surface area contributed by atoms with E-state index in [1.54, 1.807) is 30.3 Å². The van der Waals surface area contributed by atoms with E-state index in [4.69, 9.17) is 23.2 Å². The van der Waals surface area contributed by atoms with Crippen LogP contribution in [0.1, 0.15) is 59.9 Å². The van der Waals surface area contributed by atoms with Crippen molar-refractivity contribution < 1.29 is 9.18 Å². The first-order valence-corrected chi connectivity index (χ1v) is 14.3. The number of amides is 1. The predicted molar refractivity (Wildman–Crippen MR) is 153 cm³/mol. The first-order chi connectivity index (χ1) is 18.4. The lowest BCUT2D eigenvalue weighted by Gasteiger charge is -2.13. The number of carbonyl (C=O) groups excluding carboxylic acids is 1. The summed E-state index contributed by atoms with van der Waals surface area (Å²) in [5, 5.41) is 13.2. The van der Waals surface area contributed by atoms with E-state index < -0.39 is 0 Å². The fourth-order valence-electron chi connectivity index (χ4n) is 3.98. The van der Waals surface area contributed by atoms with E-state index in [-0.39, 0.29) is 18.3 Å². The molecule has 198 valence electrons. The highest BCUT2D eigenvalue weighted by Crippen LogP contribution is 2.30. The first-order valence-electron chi connectivity index (χ1n) is 12.6. The summed E-state index contributed by atoms with van der Waals surface area (Å²) in [6.45, 7) is 2.36. The zero-order chi connectivity index (χ0) is 26.9. The molecule has 4 rings (SSSR count). The molecule has 0 fully saturated rings. The number of nitrogens with one attached hydrogen (secondary N) is 1. The van der Waals surface area contributed by atoms with Gasteiger partial charge in [0.05, 0.1) is 17.3 Å². The summed E-state index contributed by atoms with van der Waals surface area (Å²) in [6, 6.07) is 19.2. The van der Waals surface area contributed by atoms with Crippen molar-refractivity contribution in [2.24, 2.45) is 0 Å². The second-order valence-corrected chi connectivity index (χ2v) is 10.7. The summed E-state index contributed by atoms with van der Waals surface area (Å²) in [5.41, 5.74) is 3.41. The summed E-state index contributed by atoms with van der Waals surface area (Å²) >= 11 is 14.1. The van der Waals surface area contributed by atoms with Crippen molar-refractivity contribution in [3.8, 4) is 5.69 Å². The molecule has 0 radical (unpaired) electrons. The maximum atomic E-state index is 13.3. The number of benzene rings is 3. The zero-order valence-electron chi connectivity index (χ0n) is 21.1.